The van der Waals surface area contributed by atoms with Crippen LogP contribution >= 0.6 is 11.6 Å². The first-order chi connectivity index (χ1) is 11.1. The summed E-state index contributed by atoms with van der Waals surface area (Å²) in [6.45, 7) is 4.85. The van der Waals surface area contributed by atoms with Crippen molar-refractivity contribution in [3.05, 3.63) is 41.0 Å². The molecule has 0 spiro atoms. The number of benzene rings is 1. The number of anilines is 3. The van der Waals surface area contributed by atoms with Crippen LogP contribution in [0.1, 0.15) is 18.7 Å². The van der Waals surface area contributed by atoms with Gasteiger partial charge < -0.3 is 20.7 Å². The molecular formula is C16H20ClN5O. The molecule has 6 nitrogen and oxygen atoms in total. The molecule has 3 rings (SSSR count). The van der Waals surface area contributed by atoms with E-state index in [1.165, 1.54) is 0 Å². The number of nitrogens with one attached hydrogen (secondary N) is 1. The van der Waals surface area contributed by atoms with Crippen LogP contribution in [0.25, 0.3) is 0 Å². The molecule has 0 saturated carbocycles. The third-order valence-electron chi connectivity index (χ3n) is 3.61. The number of ether oxygens (including phenoxy) is 1. The zero-order chi connectivity index (χ0) is 16.2. The highest BCUT2D eigenvalue weighted by atomic mass is 35.5. The van der Waals surface area contributed by atoms with E-state index >= 15 is 0 Å². The summed E-state index contributed by atoms with van der Waals surface area (Å²) in [7, 11) is 0. The van der Waals surface area contributed by atoms with Gasteiger partial charge in [0.2, 0.25) is 5.95 Å². The van der Waals surface area contributed by atoms with Crippen LogP contribution in [0.2, 0.25) is 5.02 Å². The van der Waals surface area contributed by atoms with E-state index in [4.69, 9.17) is 22.1 Å². The lowest BCUT2D eigenvalue weighted by Gasteiger charge is -2.27. The lowest BCUT2D eigenvalue weighted by Crippen LogP contribution is -2.37. The number of nitrogens with zero attached hydrogens (tertiary/aromatic N) is 3. The van der Waals surface area contributed by atoms with Crippen molar-refractivity contribution in [1.82, 2.24) is 9.97 Å². The maximum Gasteiger partial charge on any atom is 0.227 e. The molecule has 0 aliphatic carbocycles. The molecule has 122 valence electrons. The highest BCUT2D eigenvalue weighted by Crippen LogP contribution is 2.22. The molecule has 1 aliphatic rings. The highest BCUT2D eigenvalue weighted by molar-refractivity contribution is 6.30. The van der Waals surface area contributed by atoms with Crippen LogP contribution in [-0.4, -0.2) is 36.3 Å². The SMILES string of the molecule is CC(N)c1cc(Nc2ccc(Cl)cc2)nc(N2CCOCC2)n1. The molecule has 0 radical (unpaired) electrons. The van der Waals surface area contributed by atoms with Gasteiger partial charge in [0, 0.05) is 35.9 Å². The summed E-state index contributed by atoms with van der Waals surface area (Å²) >= 11 is 5.92. The Bertz CT molecular complexity index is 656. The van der Waals surface area contributed by atoms with Gasteiger partial charge in [-0.25, -0.2) is 4.98 Å². The summed E-state index contributed by atoms with van der Waals surface area (Å²) in [5, 5.41) is 3.98. The van der Waals surface area contributed by atoms with Gasteiger partial charge in [-0.3, -0.25) is 0 Å². The Hall–Kier alpha value is -1.89. The Balaban J connectivity index is 1.88. The van der Waals surface area contributed by atoms with Gasteiger partial charge in [0.15, 0.2) is 0 Å². The molecule has 23 heavy (non-hydrogen) atoms. The lowest BCUT2D eigenvalue weighted by molar-refractivity contribution is 0.122. The van der Waals surface area contributed by atoms with E-state index in [0.717, 1.165) is 30.3 Å². The molecule has 0 amide bonds. The van der Waals surface area contributed by atoms with Crippen molar-refractivity contribution in [2.45, 2.75) is 13.0 Å². The summed E-state index contributed by atoms with van der Waals surface area (Å²) in [6, 6.07) is 9.20. The topological polar surface area (TPSA) is 76.3 Å². The first-order valence-electron chi connectivity index (χ1n) is 7.61. The van der Waals surface area contributed by atoms with Gasteiger partial charge in [-0.15, -0.1) is 0 Å². The van der Waals surface area contributed by atoms with Gasteiger partial charge >= 0.3 is 0 Å². The molecule has 1 saturated heterocycles. The molecule has 3 N–H and O–H groups in total. The maximum absolute atomic E-state index is 6.02. The minimum absolute atomic E-state index is 0.163. The van der Waals surface area contributed by atoms with E-state index in [1.807, 2.05) is 37.3 Å². The highest BCUT2D eigenvalue weighted by Gasteiger charge is 2.16. The second-order valence-electron chi connectivity index (χ2n) is 5.50. The summed E-state index contributed by atoms with van der Waals surface area (Å²) in [4.78, 5) is 11.3. The van der Waals surface area contributed by atoms with Gasteiger partial charge in [-0.1, -0.05) is 11.6 Å². The minimum atomic E-state index is -0.163. The zero-order valence-corrected chi connectivity index (χ0v) is 13.8. The number of nitrogens with two attached hydrogens (primary N) is 1. The van der Waals surface area contributed by atoms with Crippen molar-refractivity contribution >= 4 is 29.1 Å². The largest absolute Gasteiger partial charge is 0.378 e. The Labute approximate surface area is 140 Å². The molecule has 1 unspecified atom stereocenters. The van der Waals surface area contributed by atoms with Crippen LogP contribution in [0.15, 0.2) is 30.3 Å². The number of halogens is 1. The van der Waals surface area contributed by atoms with E-state index in [9.17, 15) is 0 Å². The summed E-state index contributed by atoms with van der Waals surface area (Å²) in [5.41, 5.74) is 7.73. The van der Waals surface area contributed by atoms with Crippen molar-refractivity contribution in [3.63, 3.8) is 0 Å². The van der Waals surface area contributed by atoms with Crippen molar-refractivity contribution in [1.29, 1.82) is 0 Å². The quantitative estimate of drug-likeness (QED) is 0.896. The molecule has 1 aromatic heterocycles. The average Bonchev–Trinajstić information content (AvgIpc) is 2.57. The maximum atomic E-state index is 6.02. The summed E-state index contributed by atoms with van der Waals surface area (Å²) in [5.74, 6) is 1.40. The zero-order valence-electron chi connectivity index (χ0n) is 13.0. The molecule has 2 heterocycles. The molecule has 1 atom stereocenters. The molecule has 7 heteroatoms. The minimum Gasteiger partial charge on any atom is -0.378 e. The third-order valence-corrected chi connectivity index (χ3v) is 3.86. The standard InChI is InChI=1S/C16H20ClN5O/c1-11(18)14-10-15(19-13-4-2-12(17)3-5-13)21-16(20-14)22-6-8-23-9-7-22/h2-5,10-11H,6-9,18H2,1H3,(H,19,20,21). The Morgan fingerprint density at radius 3 is 2.57 bits per heavy atom. The number of hydrogen-bond donors (Lipinski definition) is 2. The summed E-state index contributed by atoms with van der Waals surface area (Å²) < 4.78 is 5.39. The fraction of sp³-hybridized carbons (Fsp3) is 0.375. The number of hydrogen-bond acceptors (Lipinski definition) is 6. The van der Waals surface area contributed by atoms with Crippen molar-refractivity contribution < 1.29 is 4.74 Å². The Morgan fingerprint density at radius 2 is 1.91 bits per heavy atom. The van der Waals surface area contributed by atoms with Gasteiger partial charge in [-0.2, -0.15) is 4.98 Å². The second kappa shape index (κ2) is 7.12. The van der Waals surface area contributed by atoms with Gasteiger partial charge in [-0.05, 0) is 31.2 Å². The van der Waals surface area contributed by atoms with Crippen LogP contribution in [0, 0.1) is 0 Å². The van der Waals surface area contributed by atoms with Gasteiger partial charge in [0.1, 0.15) is 5.82 Å². The monoisotopic (exact) mass is 333 g/mol. The third kappa shape index (κ3) is 4.10. The van der Waals surface area contributed by atoms with E-state index in [1.54, 1.807) is 0 Å². The first-order valence-corrected chi connectivity index (χ1v) is 7.99. The van der Waals surface area contributed by atoms with Crippen LogP contribution < -0.4 is 16.0 Å². The molecule has 1 aliphatic heterocycles. The molecular weight excluding hydrogens is 314 g/mol. The van der Waals surface area contributed by atoms with Crippen molar-refractivity contribution in [2.24, 2.45) is 5.73 Å². The van der Waals surface area contributed by atoms with Gasteiger partial charge in [0.05, 0.1) is 18.9 Å². The second-order valence-corrected chi connectivity index (χ2v) is 5.93. The van der Waals surface area contributed by atoms with Crippen LogP contribution in [0.4, 0.5) is 17.5 Å². The molecule has 2 aromatic rings. The number of aromatic nitrogens is 2. The van der Waals surface area contributed by atoms with E-state index < -0.39 is 0 Å². The first kappa shape index (κ1) is 16.0. The lowest BCUT2D eigenvalue weighted by atomic mass is 10.2. The van der Waals surface area contributed by atoms with E-state index in [0.29, 0.717) is 24.2 Å². The normalized spacial score (nSPS) is 16.2. The fourth-order valence-corrected chi connectivity index (χ4v) is 2.46. The van der Waals surface area contributed by atoms with Crippen LogP contribution in [0.5, 0.6) is 0 Å². The molecule has 0 bridgehead atoms. The van der Waals surface area contributed by atoms with Crippen molar-refractivity contribution in [3.8, 4) is 0 Å². The number of morpholine rings is 1. The Morgan fingerprint density at radius 1 is 1.22 bits per heavy atom. The predicted molar refractivity (Wildman–Crippen MR) is 92.4 cm³/mol. The number of rotatable bonds is 4. The smallest absolute Gasteiger partial charge is 0.227 e. The van der Waals surface area contributed by atoms with Crippen LogP contribution in [-0.2, 0) is 4.74 Å². The van der Waals surface area contributed by atoms with Crippen LogP contribution in [0.3, 0.4) is 0 Å². The fourth-order valence-electron chi connectivity index (χ4n) is 2.34. The van der Waals surface area contributed by atoms with Crippen molar-refractivity contribution in [2.75, 3.05) is 36.5 Å². The average molecular weight is 334 g/mol. The van der Waals surface area contributed by atoms with E-state index in [2.05, 4.69) is 20.2 Å². The molecule has 1 fully saturated rings. The van der Waals surface area contributed by atoms with E-state index in [-0.39, 0.29) is 6.04 Å². The summed E-state index contributed by atoms with van der Waals surface area (Å²) in [6.07, 6.45) is 0. The van der Waals surface area contributed by atoms with Gasteiger partial charge in [0.25, 0.3) is 0 Å². The Kier molecular flexibility index (Phi) is 4.95. The molecule has 1 aromatic carbocycles. The predicted octanol–water partition coefficient (Wildman–Crippen LogP) is 2.73.